The smallest absolute Gasteiger partial charge is 0.0764 e. The van der Waals surface area contributed by atoms with Crippen molar-refractivity contribution >= 4 is 0 Å². The monoisotopic (exact) mass is 239 g/mol. The molecule has 4 nitrogen and oxygen atoms in total. The quantitative estimate of drug-likeness (QED) is 0.792. The van der Waals surface area contributed by atoms with E-state index in [1.165, 1.54) is 0 Å². The summed E-state index contributed by atoms with van der Waals surface area (Å²) in [7, 11) is 2.00. The molecule has 0 saturated heterocycles. The SMILES string of the molecule is CCC(CC)n1ccc(CN(C)CC(C)O)n1. The van der Waals surface area contributed by atoms with Crippen LogP contribution in [0.15, 0.2) is 12.3 Å². The van der Waals surface area contributed by atoms with Crippen molar-refractivity contribution in [2.45, 2.75) is 52.3 Å². The lowest BCUT2D eigenvalue weighted by Gasteiger charge is -2.17. The highest BCUT2D eigenvalue weighted by atomic mass is 16.3. The number of rotatable bonds is 7. The van der Waals surface area contributed by atoms with Gasteiger partial charge in [0.15, 0.2) is 0 Å². The molecule has 0 spiro atoms. The summed E-state index contributed by atoms with van der Waals surface area (Å²) in [6.45, 7) is 7.65. The molecule has 0 aliphatic heterocycles. The minimum atomic E-state index is -0.291. The molecule has 1 rings (SSSR count). The molecule has 1 atom stereocenters. The van der Waals surface area contributed by atoms with E-state index in [1.54, 1.807) is 6.92 Å². The normalized spacial score (nSPS) is 13.6. The maximum atomic E-state index is 9.30. The van der Waals surface area contributed by atoms with Gasteiger partial charge in [-0.05, 0) is 32.9 Å². The van der Waals surface area contributed by atoms with Gasteiger partial charge in [-0.3, -0.25) is 9.58 Å². The first-order valence-corrected chi connectivity index (χ1v) is 6.47. The highest BCUT2D eigenvalue weighted by molar-refractivity contribution is 4.99. The zero-order valence-electron chi connectivity index (χ0n) is 11.4. The average Bonchev–Trinajstić information content (AvgIpc) is 2.67. The highest BCUT2D eigenvalue weighted by Crippen LogP contribution is 2.14. The van der Waals surface area contributed by atoms with E-state index in [-0.39, 0.29) is 6.10 Å². The fraction of sp³-hybridized carbons (Fsp3) is 0.769. The lowest BCUT2D eigenvalue weighted by Crippen LogP contribution is -2.27. The Bertz CT molecular complexity index is 318. The lowest BCUT2D eigenvalue weighted by molar-refractivity contribution is 0.137. The number of aliphatic hydroxyl groups is 1. The Morgan fingerprint density at radius 3 is 2.59 bits per heavy atom. The van der Waals surface area contributed by atoms with Gasteiger partial charge >= 0.3 is 0 Å². The van der Waals surface area contributed by atoms with Gasteiger partial charge in [-0.25, -0.2) is 0 Å². The van der Waals surface area contributed by atoms with Crippen LogP contribution in [0, 0.1) is 0 Å². The number of hydrogen-bond donors (Lipinski definition) is 1. The topological polar surface area (TPSA) is 41.3 Å². The van der Waals surface area contributed by atoms with E-state index in [2.05, 4.69) is 40.8 Å². The van der Waals surface area contributed by atoms with Crippen LogP contribution in [0.1, 0.15) is 45.3 Å². The van der Waals surface area contributed by atoms with Gasteiger partial charge in [0, 0.05) is 19.3 Å². The third kappa shape index (κ3) is 4.48. The molecule has 17 heavy (non-hydrogen) atoms. The van der Waals surface area contributed by atoms with Crippen LogP contribution in [0.5, 0.6) is 0 Å². The summed E-state index contributed by atoms with van der Waals surface area (Å²) in [6, 6.07) is 2.57. The second-order valence-corrected chi connectivity index (χ2v) is 4.80. The first-order valence-electron chi connectivity index (χ1n) is 6.47. The van der Waals surface area contributed by atoms with Crippen molar-refractivity contribution in [3.05, 3.63) is 18.0 Å². The maximum absolute atomic E-state index is 9.30. The van der Waals surface area contributed by atoms with Crippen molar-refractivity contribution in [3.63, 3.8) is 0 Å². The number of aromatic nitrogens is 2. The molecule has 0 fully saturated rings. The van der Waals surface area contributed by atoms with Crippen LogP contribution >= 0.6 is 0 Å². The van der Waals surface area contributed by atoms with E-state index in [0.717, 1.165) is 25.1 Å². The molecule has 0 radical (unpaired) electrons. The molecule has 0 aliphatic carbocycles. The Balaban J connectivity index is 2.56. The fourth-order valence-corrected chi connectivity index (χ4v) is 2.12. The van der Waals surface area contributed by atoms with Gasteiger partial charge < -0.3 is 5.11 Å². The van der Waals surface area contributed by atoms with Crippen LogP contribution in [0.25, 0.3) is 0 Å². The molecular formula is C13H25N3O. The zero-order valence-corrected chi connectivity index (χ0v) is 11.4. The molecule has 1 aromatic heterocycles. The zero-order chi connectivity index (χ0) is 12.8. The van der Waals surface area contributed by atoms with Crippen molar-refractivity contribution in [1.29, 1.82) is 0 Å². The number of aliphatic hydroxyl groups excluding tert-OH is 1. The van der Waals surface area contributed by atoms with Gasteiger partial charge in [0.2, 0.25) is 0 Å². The molecule has 0 aromatic carbocycles. The minimum absolute atomic E-state index is 0.291. The van der Waals surface area contributed by atoms with Gasteiger partial charge in [0.1, 0.15) is 0 Å². The first kappa shape index (κ1) is 14.2. The van der Waals surface area contributed by atoms with Crippen LogP contribution in [0.3, 0.4) is 0 Å². The van der Waals surface area contributed by atoms with Crippen LogP contribution in [-0.4, -0.2) is 39.5 Å². The molecule has 1 aromatic rings. The third-order valence-corrected chi connectivity index (χ3v) is 2.99. The predicted octanol–water partition coefficient (Wildman–Crippen LogP) is 2.06. The van der Waals surface area contributed by atoms with Crippen LogP contribution in [0.4, 0.5) is 0 Å². The Labute approximate surface area is 104 Å². The summed E-state index contributed by atoms with van der Waals surface area (Å²) in [5, 5.41) is 13.9. The van der Waals surface area contributed by atoms with Crippen molar-refractivity contribution in [2.24, 2.45) is 0 Å². The van der Waals surface area contributed by atoms with Crippen molar-refractivity contribution in [1.82, 2.24) is 14.7 Å². The van der Waals surface area contributed by atoms with Crippen LogP contribution in [-0.2, 0) is 6.54 Å². The van der Waals surface area contributed by atoms with Crippen molar-refractivity contribution in [2.75, 3.05) is 13.6 Å². The first-order chi connectivity index (χ1) is 8.06. The molecule has 4 heteroatoms. The lowest BCUT2D eigenvalue weighted by atomic mass is 10.2. The number of nitrogens with zero attached hydrogens (tertiary/aromatic N) is 3. The molecule has 0 bridgehead atoms. The van der Waals surface area contributed by atoms with E-state index < -0.39 is 0 Å². The average molecular weight is 239 g/mol. The van der Waals surface area contributed by atoms with Gasteiger partial charge in [0.05, 0.1) is 17.8 Å². The summed E-state index contributed by atoms with van der Waals surface area (Å²) in [5.74, 6) is 0. The Morgan fingerprint density at radius 2 is 2.06 bits per heavy atom. The van der Waals surface area contributed by atoms with Crippen molar-refractivity contribution < 1.29 is 5.11 Å². The van der Waals surface area contributed by atoms with Gasteiger partial charge in [-0.1, -0.05) is 13.8 Å². The van der Waals surface area contributed by atoms with E-state index in [1.807, 2.05) is 7.05 Å². The molecule has 0 aliphatic rings. The fourth-order valence-electron chi connectivity index (χ4n) is 2.12. The second kappa shape index (κ2) is 6.77. The molecule has 0 amide bonds. The van der Waals surface area contributed by atoms with E-state index in [4.69, 9.17) is 0 Å². The number of hydrogen-bond acceptors (Lipinski definition) is 3. The molecule has 1 heterocycles. The molecule has 98 valence electrons. The van der Waals surface area contributed by atoms with Gasteiger partial charge in [0.25, 0.3) is 0 Å². The highest BCUT2D eigenvalue weighted by Gasteiger charge is 2.10. The molecular weight excluding hydrogens is 214 g/mol. The van der Waals surface area contributed by atoms with Crippen molar-refractivity contribution in [3.8, 4) is 0 Å². The maximum Gasteiger partial charge on any atom is 0.0764 e. The molecule has 1 N–H and O–H groups in total. The Hall–Kier alpha value is -0.870. The van der Waals surface area contributed by atoms with Gasteiger partial charge in [-0.15, -0.1) is 0 Å². The van der Waals surface area contributed by atoms with Crippen LogP contribution in [0.2, 0.25) is 0 Å². The minimum Gasteiger partial charge on any atom is -0.392 e. The van der Waals surface area contributed by atoms with E-state index in [0.29, 0.717) is 12.6 Å². The van der Waals surface area contributed by atoms with E-state index >= 15 is 0 Å². The largest absolute Gasteiger partial charge is 0.392 e. The van der Waals surface area contributed by atoms with Gasteiger partial charge in [-0.2, -0.15) is 5.10 Å². The summed E-state index contributed by atoms with van der Waals surface area (Å²) >= 11 is 0. The van der Waals surface area contributed by atoms with Crippen LogP contribution < -0.4 is 0 Å². The summed E-state index contributed by atoms with van der Waals surface area (Å²) < 4.78 is 2.06. The molecule has 1 unspecified atom stereocenters. The Morgan fingerprint density at radius 1 is 1.41 bits per heavy atom. The summed E-state index contributed by atoms with van der Waals surface area (Å²) in [5.41, 5.74) is 1.07. The standard InChI is InChI=1S/C13H25N3O/c1-5-13(6-2)16-8-7-12(14-16)10-15(4)9-11(3)17/h7-8,11,13,17H,5-6,9-10H2,1-4H3. The second-order valence-electron chi connectivity index (χ2n) is 4.80. The van der Waals surface area contributed by atoms with E-state index in [9.17, 15) is 5.11 Å². The summed E-state index contributed by atoms with van der Waals surface area (Å²) in [6.07, 6.45) is 3.99. The number of likely N-dealkylation sites (N-methyl/N-ethyl adjacent to an activating group) is 1. The third-order valence-electron chi connectivity index (χ3n) is 2.99. The predicted molar refractivity (Wildman–Crippen MR) is 69.9 cm³/mol. The Kier molecular flexibility index (Phi) is 5.65. The summed E-state index contributed by atoms with van der Waals surface area (Å²) in [4.78, 5) is 2.09. The molecule has 0 saturated carbocycles.